The third-order valence-corrected chi connectivity index (χ3v) is 28.5. The predicted molar refractivity (Wildman–Crippen MR) is 571 cm³/mol. The van der Waals surface area contributed by atoms with Crippen molar-refractivity contribution < 1.29 is 25.0 Å². The average Bonchev–Trinajstić information content (AvgIpc) is 1.16. The summed E-state index contributed by atoms with van der Waals surface area (Å²) in [6.07, 6.45) is 0. The van der Waals surface area contributed by atoms with Crippen molar-refractivity contribution in [2.75, 3.05) is 14.7 Å². The summed E-state index contributed by atoms with van der Waals surface area (Å²) in [5.41, 5.74) is 14.5. The number of furan rings is 1. The van der Waals surface area contributed by atoms with Gasteiger partial charge in [-0.15, -0.1) is 22.7 Å². The number of benzene rings is 21. The van der Waals surface area contributed by atoms with Gasteiger partial charge < -0.3 is 4.42 Å². The van der Waals surface area contributed by atoms with Crippen LogP contribution >= 0.6 is 22.7 Å². The molecular formula is C123H72N12OS2. The molecule has 15 heteroatoms. The van der Waals surface area contributed by atoms with Gasteiger partial charge in [0.15, 0.2) is 34.9 Å². The maximum Gasteiger partial charge on any atom is 0.238 e. The molecule has 9 heterocycles. The van der Waals surface area contributed by atoms with Crippen molar-refractivity contribution in [1.82, 2.24) is 44.9 Å². The lowest BCUT2D eigenvalue weighted by Gasteiger charge is -2.33. The van der Waals surface area contributed by atoms with E-state index >= 15 is 0 Å². The molecule has 0 saturated carbocycles. The quantitative estimate of drug-likeness (QED) is 0.136. The fraction of sp³-hybridized carbons (Fsp3) is 0. The Kier molecular flexibility index (Phi) is 14.9. The highest BCUT2D eigenvalue weighted by atomic mass is 32.1. The molecule has 138 heavy (non-hydrogen) atoms. The molecule has 642 valence electrons. The minimum absolute atomic E-state index is 0.00346. The summed E-state index contributed by atoms with van der Waals surface area (Å²) in [5.74, 6) is 1.61. The predicted octanol–water partition coefficient (Wildman–Crippen LogP) is 33.5. The van der Waals surface area contributed by atoms with Crippen LogP contribution in [0.3, 0.4) is 0 Å². The maximum atomic E-state index is 8.88. The summed E-state index contributed by atoms with van der Waals surface area (Å²) in [6.45, 7) is 0. The van der Waals surface area contributed by atoms with Crippen LogP contribution in [-0.4, -0.2) is 44.9 Å². The molecule has 0 aliphatic carbocycles. The molecule has 0 atom stereocenters. The molecule has 30 rings (SSSR count). The first-order valence-corrected chi connectivity index (χ1v) is 46.5. The highest BCUT2D eigenvalue weighted by molar-refractivity contribution is 7.26. The maximum absolute atomic E-state index is 8.88. The van der Waals surface area contributed by atoms with Crippen LogP contribution < -0.4 is 14.7 Å². The minimum atomic E-state index is -0.491. The van der Waals surface area contributed by atoms with Gasteiger partial charge in [0.1, 0.15) is 11.2 Å². The molecule has 3 aliphatic rings. The van der Waals surface area contributed by atoms with E-state index < -0.39 is 66.5 Å². The smallest absolute Gasteiger partial charge is 0.238 e. The van der Waals surface area contributed by atoms with Gasteiger partial charge in [-0.25, -0.2) is 15.0 Å². The van der Waals surface area contributed by atoms with Gasteiger partial charge in [-0.1, -0.05) is 370 Å². The average molecular weight is 1810 g/mol. The van der Waals surface area contributed by atoms with Gasteiger partial charge in [-0.05, 0) is 116 Å². The number of hydrogen-bond donors (Lipinski definition) is 0. The van der Waals surface area contributed by atoms with Crippen molar-refractivity contribution in [2.45, 2.75) is 0 Å². The van der Waals surface area contributed by atoms with Gasteiger partial charge in [0.25, 0.3) is 0 Å². The molecule has 27 aromatic rings. The number of hydrogen-bond acceptors (Lipinski definition) is 15. The first-order valence-electron chi connectivity index (χ1n) is 52.4. The van der Waals surface area contributed by atoms with Gasteiger partial charge in [0.05, 0.1) is 60.2 Å². The second-order valence-electron chi connectivity index (χ2n) is 33.8. The van der Waals surface area contributed by atoms with Gasteiger partial charge >= 0.3 is 0 Å². The lowest BCUT2D eigenvalue weighted by molar-refractivity contribution is 0.669. The SMILES string of the molecule is [2H]c1c([2H])c([2H])c(-c2nc(-c3ccc4c(c3)sc3ccccc34)nc(N3c4c(ccc5ccccc45)-c4cccc5cccc3c45)n2)c([2H])c1[2H].[2H]c1c([2H])c([2H])c(-c2nc(-c3ccc4sc5ccccc5c4c3)nc(N3c4c(ccc5ccccc45)-c4cccc5cccc3c45)n2)c([2H])c1[2H].[2H]c1c([2H])c([2H])c(-c2nc(-c3cccc4c3oc3ccccc34)nc(N3c4c(ccc5ccccc45)-c4cccc5cccc3c45)n2)c([2H])c1[2H]. The molecule has 3 aliphatic heterocycles. The van der Waals surface area contributed by atoms with Crippen LogP contribution in [0.1, 0.15) is 20.6 Å². The second kappa shape index (κ2) is 31.8. The number of para-hydroxylation sites is 2. The molecule has 0 unspecified atom stereocenters. The number of aromatic nitrogens is 9. The van der Waals surface area contributed by atoms with Gasteiger partial charge in [0.2, 0.25) is 17.8 Å². The monoisotopic (exact) mass is 1810 g/mol. The van der Waals surface area contributed by atoms with E-state index in [-0.39, 0.29) is 82.0 Å². The third-order valence-electron chi connectivity index (χ3n) is 26.2. The van der Waals surface area contributed by atoms with E-state index in [1.165, 1.54) is 14.8 Å². The van der Waals surface area contributed by atoms with Crippen molar-refractivity contribution in [1.29, 1.82) is 0 Å². The first kappa shape index (κ1) is 64.6. The summed E-state index contributed by atoms with van der Waals surface area (Å²) in [7, 11) is 0. The highest BCUT2D eigenvalue weighted by Gasteiger charge is 2.36. The summed E-state index contributed by atoms with van der Waals surface area (Å²) in [5, 5.41) is 18.7. The molecule has 0 fully saturated rings. The lowest BCUT2D eigenvalue weighted by Crippen LogP contribution is -2.19. The Morgan fingerprint density at radius 2 is 0.536 bits per heavy atom. The lowest BCUT2D eigenvalue weighted by atomic mass is 9.89. The van der Waals surface area contributed by atoms with Crippen molar-refractivity contribution >= 4 is 202 Å². The molecule has 0 radical (unpaired) electrons. The number of fused-ring (bicyclic) bond motifs is 21. The zero-order valence-electron chi connectivity index (χ0n) is 87.5. The van der Waals surface area contributed by atoms with Gasteiger partial charge in [0, 0.05) is 128 Å². The highest BCUT2D eigenvalue weighted by Crippen LogP contribution is 2.58. The normalized spacial score (nSPS) is 13.8. The van der Waals surface area contributed by atoms with Crippen LogP contribution in [0.4, 0.5) is 52.0 Å². The van der Waals surface area contributed by atoms with E-state index in [9.17, 15) is 0 Å². The van der Waals surface area contributed by atoms with Crippen LogP contribution in [0.25, 0.3) is 229 Å². The summed E-state index contributed by atoms with van der Waals surface area (Å²) in [6, 6.07) is 110. The number of thiophene rings is 2. The summed E-state index contributed by atoms with van der Waals surface area (Å²) in [4.78, 5) is 51.1. The summed E-state index contributed by atoms with van der Waals surface area (Å²) < 4.78 is 140. The van der Waals surface area contributed by atoms with E-state index in [0.29, 0.717) is 28.4 Å². The molecule has 13 nitrogen and oxygen atoms in total. The van der Waals surface area contributed by atoms with Crippen LogP contribution in [0, 0.1) is 0 Å². The van der Waals surface area contributed by atoms with E-state index in [2.05, 4.69) is 194 Å². The molecular weight excluding hydrogens is 1730 g/mol. The second-order valence-corrected chi connectivity index (χ2v) is 36.0. The molecule has 0 N–H and O–H groups in total. The molecule has 0 bridgehead atoms. The number of nitrogens with zero attached hydrogens (tertiary/aromatic N) is 12. The topological polar surface area (TPSA) is 139 Å². The first-order chi connectivity index (χ1) is 74.6. The number of rotatable bonds is 9. The zero-order valence-corrected chi connectivity index (χ0v) is 74.1. The Hall–Kier alpha value is -18.2. The fourth-order valence-corrected chi connectivity index (χ4v) is 22.4. The van der Waals surface area contributed by atoms with Crippen molar-refractivity contribution in [2.24, 2.45) is 0 Å². The van der Waals surface area contributed by atoms with Crippen LogP contribution in [0.5, 0.6) is 0 Å². The Bertz CT molecular complexity index is 10700. The van der Waals surface area contributed by atoms with Crippen LogP contribution in [-0.2, 0) is 0 Å². The largest absolute Gasteiger partial charge is 0.455 e. The molecule has 21 aromatic carbocycles. The van der Waals surface area contributed by atoms with Crippen LogP contribution in [0.15, 0.2) is 441 Å². The summed E-state index contributed by atoms with van der Waals surface area (Å²) >= 11 is 3.40. The van der Waals surface area contributed by atoms with E-state index in [1.54, 1.807) is 22.7 Å². The fourth-order valence-electron chi connectivity index (χ4n) is 20.2. The minimum Gasteiger partial charge on any atom is -0.455 e. The molecule has 0 spiro atoms. The standard InChI is InChI=1S/C41H24N4O.2C41H24N4S/c1-2-12-27(13-3-1)39-42-40(33-20-10-19-32-29-17-6-7-22-35(29)46-38(32)33)44-41(43-39)45-34-21-9-15-26-14-8-18-30(36(26)34)31-24-23-25-11-4-5-16-28(25)37(31)45;1-2-11-27(12-3-1)39-42-40(28-21-22-31-30-16-6-7-19-35(30)46-36(31)24-28)44-41(43-39)45-34-18-9-14-26-13-8-17-32(37(26)34)33-23-20-25-10-4-5-15-29(25)38(33)45;1-2-11-27(12-3-1)39-42-40(28-21-23-36-33(24-28)30-16-6-7-19-35(30)46-36)44-41(43-39)45-34-18-9-14-26-13-8-17-31(37(26)34)32-22-20-25-10-4-5-15-29(25)38(32)45/h3*1-24H/i1D,2D,3D,12D,13D;2*1D,2D,3D,11D,12D. The third kappa shape index (κ3) is 12.8. The van der Waals surface area contributed by atoms with Crippen molar-refractivity contribution in [3.8, 4) is 102 Å². The van der Waals surface area contributed by atoms with Gasteiger partial charge in [-0.3, -0.25) is 14.7 Å². The molecule has 0 saturated heterocycles. The molecule has 6 aromatic heterocycles. The Labute approximate surface area is 819 Å². The van der Waals surface area contributed by atoms with Gasteiger partial charge in [-0.2, -0.15) is 29.9 Å². The van der Waals surface area contributed by atoms with E-state index in [0.717, 1.165) is 180 Å². The Balaban J connectivity index is 0.000000110. The number of anilines is 9. The van der Waals surface area contributed by atoms with E-state index in [4.69, 9.17) is 69.8 Å². The van der Waals surface area contributed by atoms with Crippen molar-refractivity contribution in [3.05, 3.63) is 436 Å². The molecule has 0 amide bonds. The van der Waals surface area contributed by atoms with E-state index in [1.807, 2.05) is 166 Å². The van der Waals surface area contributed by atoms with Crippen LogP contribution in [0.2, 0.25) is 0 Å². The Morgan fingerprint density at radius 1 is 0.210 bits per heavy atom. The van der Waals surface area contributed by atoms with Crippen molar-refractivity contribution in [3.63, 3.8) is 0 Å². The zero-order chi connectivity index (χ0) is 104. The Morgan fingerprint density at radius 3 is 1.00 bits per heavy atom.